The predicted octanol–water partition coefficient (Wildman–Crippen LogP) is 4.27. The molecule has 3 aromatic rings. The van der Waals surface area contributed by atoms with Gasteiger partial charge < -0.3 is 20.5 Å². The van der Waals surface area contributed by atoms with Gasteiger partial charge in [-0.1, -0.05) is 18.5 Å². The monoisotopic (exact) mass is 450 g/mol. The number of hydrogen-bond acceptors (Lipinski definition) is 8. The Morgan fingerprint density at radius 3 is 2.88 bits per heavy atom. The van der Waals surface area contributed by atoms with Crippen molar-refractivity contribution in [2.75, 3.05) is 23.8 Å². The van der Waals surface area contributed by atoms with Crippen LogP contribution in [-0.4, -0.2) is 39.3 Å². The second kappa shape index (κ2) is 8.61. The highest BCUT2D eigenvalue weighted by Crippen LogP contribution is 2.41. The fraction of sp³-hybridized carbons (Fsp3) is 0.304. The summed E-state index contributed by atoms with van der Waals surface area (Å²) in [6.07, 6.45) is 3.08. The molecule has 0 saturated heterocycles. The van der Waals surface area contributed by atoms with Crippen molar-refractivity contribution in [2.24, 2.45) is 0 Å². The summed E-state index contributed by atoms with van der Waals surface area (Å²) in [7, 11) is 0. The minimum absolute atomic E-state index is 0.0295. The number of aliphatic hydroxyl groups excluding tert-OH is 1. The number of aromatic nitrogens is 3. The summed E-state index contributed by atoms with van der Waals surface area (Å²) in [5.74, 6) is 0.731. The molecule has 1 aliphatic heterocycles. The molecule has 0 fully saturated rings. The average molecular weight is 451 g/mol. The number of hydrogen-bond donors (Lipinski definition) is 3. The molecular weight excluding hydrogens is 428 g/mol. The molecule has 0 spiro atoms. The number of fused-ring (bicyclic) bond motifs is 1. The summed E-state index contributed by atoms with van der Waals surface area (Å²) < 4.78 is 5.75. The first-order valence-electron chi connectivity index (χ1n) is 10.2. The number of ether oxygens (including phenoxy) is 1. The lowest BCUT2D eigenvalue weighted by Gasteiger charge is -2.21. The zero-order valence-electron chi connectivity index (χ0n) is 18.0. The van der Waals surface area contributed by atoms with Crippen LogP contribution in [0.5, 0.6) is 5.88 Å². The van der Waals surface area contributed by atoms with E-state index >= 15 is 0 Å². The molecule has 32 heavy (non-hydrogen) atoms. The summed E-state index contributed by atoms with van der Waals surface area (Å²) in [4.78, 5) is 13.2. The van der Waals surface area contributed by atoms with Crippen LogP contribution >= 0.6 is 11.6 Å². The Balaban J connectivity index is 1.72. The van der Waals surface area contributed by atoms with E-state index in [1.165, 1.54) is 6.20 Å². The highest BCUT2D eigenvalue weighted by atomic mass is 35.5. The van der Waals surface area contributed by atoms with Crippen LogP contribution < -0.4 is 15.4 Å². The largest absolute Gasteiger partial charge is 0.473 e. The third kappa shape index (κ3) is 4.17. The molecule has 1 atom stereocenters. The van der Waals surface area contributed by atoms with Gasteiger partial charge in [0.05, 0.1) is 34.7 Å². The van der Waals surface area contributed by atoms with Crippen LogP contribution in [0.25, 0.3) is 11.3 Å². The molecule has 4 rings (SSSR count). The molecule has 0 aliphatic carbocycles. The van der Waals surface area contributed by atoms with Crippen molar-refractivity contribution in [3.8, 4) is 23.2 Å². The van der Waals surface area contributed by atoms with Crippen molar-refractivity contribution >= 4 is 28.9 Å². The summed E-state index contributed by atoms with van der Waals surface area (Å²) in [5.41, 5.74) is 3.64. The van der Waals surface area contributed by atoms with E-state index in [1.807, 2.05) is 26.8 Å². The lowest BCUT2D eigenvalue weighted by Crippen LogP contribution is -2.28. The SMILES string of the molecule is CC(C)Oc1ncc(Cl)cc1Nc1nccc(-c2cc(C#N)c3c(c2)[C@@](C)(CO)CN3)n1. The second-order valence-electron chi connectivity index (χ2n) is 8.19. The minimum Gasteiger partial charge on any atom is -0.473 e. The van der Waals surface area contributed by atoms with E-state index in [1.54, 1.807) is 24.4 Å². The smallest absolute Gasteiger partial charge is 0.238 e. The van der Waals surface area contributed by atoms with Gasteiger partial charge in [-0.05, 0) is 43.7 Å². The van der Waals surface area contributed by atoms with Gasteiger partial charge in [-0.2, -0.15) is 5.26 Å². The van der Waals surface area contributed by atoms with Gasteiger partial charge in [0.15, 0.2) is 0 Å². The van der Waals surface area contributed by atoms with Crippen molar-refractivity contribution in [1.29, 1.82) is 5.26 Å². The second-order valence-corrected chi connectivity index (χ2v) is 8.63. The molecule has 9 heteroatoms. The molecule has 0 unspecified atom stereocenters. The van der Waals surface area contributed by atoms with Crippen molar-refractivity contribution in [1.82, 2.24) is 15.0 Å². The van der Waals surface area contributed by atoms with E-state index in [0.717, 1.165) is 16.8 Å². The topological polar surface area (TPSA) is 116 Å². The van der Waals surface area contributed by atoms with Gasteiger partial charge in [0.25, 0.3) is 0 Å². The number of anilines is 3. The maximum absolute atomic E-state index is 9.93. The van der Waals surface area contributed by atoms with Gasteiger partial charge in [0, 0.05) is 29.9 Å². The first kappa shape index (κ1) is 21.8. The Labute approximate surface area is 191 Å². The van der Waals surface area contributed by atoms with Crippen molar-refractivity contribution in [3.63, 3.8) is 0 Å². The van der Waals surface area contributed by atoms with Crippen LogP contribution in [0.2, 0.25) is 5.02 Å². The normalized spacial score (nSPS) is 16.9. The maximum Gasteiger partial charge on any atom is 0.238 e. The number of nitrogens with one attached hydrogen (secondary N) is 2. The molecular formula is C23H23ClN6O2. The first-order valence-corrected chi connectivity index (χ1v) is 10.6. The Kier molecular flexibility index (Phi) is 5.87. The van der Waals surface area contributed by atoms with E-state index in [9.17, 15) is 10.4 Å². The van der Waals surface area contributed by atoms with Crippen LogP contribution in [-0.2, 0) is 5.41 Å². The quantitative estimate of drug-likeness (QED) is 0.509. The number of pyridine rings is 1. The molecule has 0 bridgehead atoms. The van der Waals surface area contributed by atoms with Crippen molar-refractivity contribution in [3.05, 3.63) is 52.8 Å². The standard InChI is InChI=1S/C23H23ClN6O2/c1-13(2)32-21-19(8-16(24)10-27-21)30-22-26-5-4-18(29-22)14-6-15(9-25)20-17(7-14)23(3,12-31)11-28-20/h4-8,10,13,28,31H,11-12H2,1-3H3,(H,26,29,30)/t23-/m1/s1. The lowest BCUT2D eigenvalue weighted by molar-refractivity contribution is 0.219. The van der Waals surface area contributed by atoms with Gasteiger partial charge >= 0.3 is 0 Å². The molecule has 8 nitrogen and oxygen atoms in total. The Bertz CT molecular complexity index is 1210. The van der Waals surface area contributed by atoms with Gasteiger partial charge in [0.2, 0.25) is 11.8 Å². The molecule has 3 N–H and O–H groups in total. The molecule has 1 aliphatic rings. The number of rotatable bonds is 6. The molecule has 0 saturated carbocycles. The van der Waals surface area contributed by atoms with E-state index in [2.05, 4.69) is 31.7 Å². The lowest BCUT2D eigenvalue weighted by atomic mass is 9.83. The van der Waals surface area contributed by atoms with Crippen LogP contribution in [0.3, 0.4) is 0 Å². The number of halogens is 1. The summed E-state index contributed by atoms with van der Waals surface area (Å²) in [5, 5.41) is 26.4. The zero-order chi connectivity index (χ0) is 22.9. The van der Waals surface area contributed by atoms with E-state index in [0.29, 0.717) is 40.3 Å². The maximum atomic E-state index is 9.93. The average Bonchev–Trinajstić information content (AvgIpc) is 3.12. The number of nitrogens with zero attached hydrogens (tertiary/aromatic N) is 4. The minimum atomic E-state index is -0.472. The van der Waals surface area contributed by atoms with Gasteiger partial charge in [0.1, 0.15) is 11.8 Å². The highest BCUT2D eigenvalue weighted by molar-refractivity contribution is 6.30. The van der Waals surface area contributed by atoms with Crippen LogP contribution in [0.1, 0.15) is 31.9 Å². The van der Waals surface area contributed by atoms with Crippen LogP contribution in [0, 0.1) is 11.3 Å². The Morgan fingerprint density at radius 1 is 1.34 bits per heavy atom. The number of aliphatic hydroxyl groups is 1. The molecule has 3 heterocycles. The summed E-state index contributed by atoms with van der Waals surface area (Å²) >= 11 is 6.12. The summed E-state index contributed by atoms with van der Waals surface area (Å²) in [6.45, 7) is 6.32. The van der Waals surface area contributed by atoms with Crippen molar-refractivity contribution < 1.29 is 9.84 Å². The molecule has 2 aromatic heterocycles. The van der Waals surface area contributed by atoms with E-state index in [-0.39, 0.29) is 12.7 Å². The van der Waals surface area contributed by atoms with Gasteiger partial charge in [-0.25, -0.2) is 15.0 Å². The number of benzene rings is 1. The zero-order valence-corrected chi connectivity index (χ0v) is 18.7. The third-order valence-electron chi connectivity index (χ3n) is 5.28. The fourth-order valence-electron chi connectivity index (χ4n) is 3.60. The van der Waals surface area contributed by atoms with Crippen LogP contribution in [0.15, 0.2) is 36.7 Å². The van der Waals surface area contributed by atoms with Crippen molar-refractivity contribution in [2.45, 2.75) is 32.3 Å². The summed E-state index contributed by atoms with van der Waals surface area (Å²) in [6, 6.07) is 9.47. The molecule has 164 valence electrons. The molecule has 0 radical (unpaired) electrons. The number of nitriles is 1. The third-order valence-corrected chi connectivity index (χ3v) is 5.48. The van der Waals surface area contributed by atoms with Gasteiger partial charge in [-0.3, -0.25) is 0 Å². The Hall–Kier alpha value is -3.41. The molecule has 0 amide bonds. The Morgan fingerprint density at radius 2 is 2.16 bits per heavy atom. The van der Waals surface area contributed by atoms with E-state index in [4.69, 9.17) is 16.3 Å². The fourth-order valence-corrected chi connectivity index (χ4v) is 3.76. The first-order chi connectivity index (χ1) is 15.3. The van der Waals surface area contributed by atoms with E-state index < -0.39 is 5.41 Å². The predicted molar refractivity (Wildman–Crippen MR) is 123 cm³/mol. The highest BCUT2D eigenvalue weighted by Gasteiger charge is 2.36. The van der Waals surface area contributed by atoms with Crippen LogP contribution in [0.4, 0.5) is 17.3 Å². The van der Waals surface area contributed by atoms with Gasteiger partial charge in [-0.15, -0.1) is 0 Å². The molecule has 1 aromatic carbocycles.